The van der Waals surface area contributed by atoms with E-state index >= 15 is 0 Å². The van der Waals surface area contributed by atoms with E-state index in [2.05, 4.69) is 6.07 Å². The van der Waals surface area contributed by atoms with E-state index in [9.17, 15) is 13.2 Å². The van der Waals surface area contributed by atoms with Gasteiger partial charge in [-0.15, -0.1) is 0 Å². The first-order valence-electron chi connectivity index (χ1n) is 3.75. The summed E-state index contributed by atoms with van der Waals surface area (Å²) in [5, 5.41) is 0. The number of ether oxygens (including phenoxy) is 1. The van der Waals surface area contributed by atoms with Gasteiger partial charge < -0.3 is 4.74 Å². The second-order valence-electron chi connectivity index (χ2n) is 2.37. The number of hydrogen-bond acceptors (Lipinski definition) is 1. The van der Waals surface area contributed by atoms with Gasteiger partial charge in [0.05, 0.1) is 12.2 Å². The molecule has 0 aromatic heterocycles. The molecule has 0 N–H and O–H groups in total. The number of rotatable bonds is 2. The zero-order valence-corrected chi connectivity index (χ0v) is 6.98. The Balaban J connectivity index is 2.92. The lowest BCUT2D eigenvalue weighted by molar-refractivity contribution is -0.137. The molecule has 0 aliphatic carbocycles. The molecule has 1 aromatic carbocycles. The van der Waals surface area contributed by atoms with Crippen molar-refractivity contribution in [3.63, 3.8) is 0 Å². The molecule has 13 heavy (non-hydrogen) atoms. The molecule has 0 amide bonds. The lowest BCUT2D eigenvalue weighted by Gasteiger charge is -2.08. The quantitative estimate of drug-likeness (QED) is 0.695. The van der Waals surface area contributed by atoms with Crippen molar-refractivity contribution >= 4 is 0 Å². The second kappa shape index (κ2) is 3.68. The number of alkyl halides is 3. The average Bonchev–Trinajstić information content (AvgIpc) is 2.04. The maximum absolute atomic E-state index is 12.1. The number of hydrogen-bond donors (Lipinski definition) is 0. The van der Waals surface area contributed by atoms with E-state index in [1.807, 2.05) is 0 Å². The smallest absolute Gasteiger partial charge is 0.416 e. The van der Waals surface area contributed by atoms with E-state index in [-0.39, 0.29) is 5.75 Å². The van der Waals surface area contributed by atoms with E-state index in [1.54, 1.807) is 6.92 Å². The Labute approximate surface area is 74.1 Å². The molecule has 1 radical (unpaired) electrons. The second-order valence-corrected chi connectivity index (χ2v) is 2.37. The summed E-state index contributed by atoms with van der Waals surface area (Å²) in [6.07, 6.45) is -4.32. The van der Waals surface area contributed by atoms with E-state index in [0.29, 0.717) is 6.61 Å². The van der Waals surface area contributed by atoms with Crippen LogP contribution in [0.1, 0.15) is 12.5 Å². The third-order valence-electron chi connectivity index (χ3n) is 1.40. The van der Waals surface area contributed by atoms with E-state index in [0.717, 1.165) is 12.1 Å². The van der Waals surface area contributed by atoms with Gasteiger partial charge in [0.25, 0.3) is 0 Å². The van der Waals surface area contributed by atoms with Crippen molar-refractivity contribution in [3.8, 4) is 5.75 Å². The Morgan fingerprint density at radius 1 is 1.46 bits per heavy atom. The normalized spacial score (nSPS) is 11.4. The van der Waals surface area contributed by atoms with Gasteiger partial charge in [-0.1, -0.05) is 0 Å². The molecule has 1 nitrogen and oxygen atoms in total. The molecule has 0 saturated heterocycles. The van der Waals surface area contributed by atoms with E-state index in [4.69, 9.17) is 4.74 Å². The Kier molecular flexibility index (Phi) is 2.80. The fourth-order valence-electron chi connectivity index (χ4n) is 0.860. The largest absolute Gasteiger partial charge is 0.493 e. The summed E-state index contributed by atoms with van der Waals surface area (Å²) in [7, 11) is 0. The van der Waals surface area contributed by atoms with Gasteiger partial charge in [0.15, 0.2) is 0 Å². The van der Waals surface area contributed by atoms with Crippen molar-refractivity contribution in [3.05, 3.63) is 29.8 Å². The summed E-state index contributed by atoms with van der Waals surface area (Å²) < 4.78 is 41.3. The standard InChI is InChI=1S/C9H8F3O/c1-2-13-8-5-3-4-7(6-8)9(10,11)12/h3-4,6H,2H2,1H3. The Bertz CT molecular complexity index is 280. The highest BCUT2D eigenvalue weighted by Crippen LogP contribution is 2.30. The van der Waals surface area contributed by atoms with Crippen molar-refractivity contribution < 1.29 is 17.9 Å². The molecule has 0 saturated carbocycles. The van der Waals surface area contributed by atoms with Crippen LogP contribution in [0.15, 0.2) is 18.2 Å². The molecule has 0 spiro atoms. The minimum atomic E-state index is -4.32. The summed E-state index contributed by atoms with van der Waals surface area (Å²) >= 11 is 0. The molecule has 4 heteroatoms. The van der Waals surface area contributed by atoms with Crippen LogP contribution in [0.4, 0.5) is 13.2 Å². The van der Waals surface area contributed by atoms with Crippen molar-refractivity contribution in [2.75, 3.05) is 6.61 Å². The van der Waals surface area contributed by atoms with Gasteiger partial charge in [0.2, 0.25) is 0 Å². The van der Waals surface area contributed by atoms with Crippen LogP contribution in [-0.2, 0) is 6.18 Å². The van der Waals surface area contributed by atoms with Crippen LogP contribution < -0.4 is 4.74 Å². The van der Waals surface area contributed by atoms with Crippen LogP contribution in [0.25, 0.3) is 0 Å². The highest BCUT2D eigenvalue weighted by atomic mass is 19.4. The number of halogens is 3. The van der Waals surface area contributed by atoms with Gasteiger partial charge in [-0.05, 0) is 25.1 Å². The lowest BCUT2D eigenvalue weighted by atomic mass is 10.2. The Morgan fingerprint density at radius 3 is 2.69 bits per heavy atom. The molecule has 0 aliphatic heterocycles. The minimum absolute atomic E-state index is 0.123. The molecule has 0 bridgehead atoms. The molecular weight excluding hydrogens is 181 g/mol. The van der Waals surface area contributed by atoms with Crippen LogP contribution in [0, 0.1) is 6.07 Å². The highest BCUT2D eigenvalue weighted by molar-refractivity contribution is 5.29. The van der Waals surface area contributed by atoms with Gasteiger partial charge >= 0.3 is 6.18 Å². The lowest BCUT2D eigenvalue weighted by Crippen LogP contribution is -2.05. The van der Waals surface area contributed by atoms with Crippen molar-refractivity contribution in [1.82, 2.24) is 0 Å². The molecule has 0 fully saturated rings. The van der Waals surface area contributed by atoms with Crippen molar-refractivity contribution in [1.29, 1.82) is 0 Å². The Morgan fingerprint density at radius 2 is 2.15 bits per heavy atom. The summed E-state index contributed by atoms with van der Waals surface area (Å²) in [6.45, 7) is 2.03. The number of benzene rings is 1. The molecule has 0 heterocycles. The van der Waals surface area contributed by atoms with Gasteiger partial charge in [0, 0.05) is 6.07 Å². The fraction of sp³-hybridized carbons (Fsp3) is 0.333. The summed E-state index contributed by atoms with van der Waals surface area (Å²) in [5.74, 6) is 0.123. The van der Waals surface area contributed by atoms with Crippen LogP contribution >= 0.6 is 0 Å². The van der Waals surface area contributed by atoms with Crippen molar-refractivity contribution in [2.45, 2.75) is 13.1 Å². The van der Waals surface area contributed by atoms with E-state index in [1.165, 1.54) is 6.07 Å². The first kappa shape index (κ1) is 9.89. The Hall–Kier alpha value is -1.19. The highest BCUT2D eigenvalue weighted by Gasteiger charge is 2.30. The monoisotopic (exact) mass is 189 g/mol. The molecule has 0 aliphatic rings. The molecule has 0 unspecified atom stereocenters. The third-order valence-corrected chi connectivity index (χ3v) is 1.40. The van der Waals surface area contributed by atoms with E-state index < -0.39 is 11.7 Å². The SMILES string of the molecule is CCOc1[c]ccc(C(F)(F)F)c1. The maximum atomic E-state index is 12.1. The fourth-order valence-corrected chi connectivity index (χ4v) is 0.860. The zero-order chi connectivity index (χ0) is 9.90. The van der Waals surface area contributed by atoms with Crippen LogP contribution in [0.5, 0.6) is 5.75 Å². The van der Waals surface area contributed by atoms with Crippen LogP contribution in [0.3, 0.4) is 0 Å². The van der Waals surface area contributed by atoms with Gasteiger partial charge in [0.1, 0.15) is 5.75 Å². The van der Waals surface area contributed by atoms with Crippen LogP contribution in [0.2, 0.25) is 0 Å². The summed E-state index contributed by atoms with van der Waals surface area (Å²) in [6, 6.07) is 5.66. The molecule has 1 rings (SSSR count). The molecular formula is C9H8F3O. The first-order chi connectivity index (χ1) is 6.04. The van der Waals surface area contributed by atoms with Gasteiger partial charge in [-0.3, -0.25) is 0 Å². The molecule has 0 atom stereocenters. The third kappa shape index (κ3) is 2.65. The maximum Gasteiger partial charge on any atom is 0.416 e. The molecule has 1 aromatic rings. The first-order valence-corrected chi connectivity index (χ1v) is 3.75. The minimum Gasteiger partial charge on any atom is -0.493 e. The van der Waals surface area contributed by atoms with Crippen LogP contribution in [-0.4, -0.2) is 6.61 Å². The topological polar surface area (TPSA) is 9.23 Å². The van der Waals surface area contributed by atoms with Crippen molar-refractivity contribution in [2.24, 2.45) is 0 Å². The predicted octanol–water partition coefficient (Wildman–Crippen LogP) is 2.90. The average molecular weight is 189 g/mol. The summed E-state index contributed by atoms with van der Waals surface area (Å²) in [4.78, 5) is 0. The van der Waals surface area contributed by atoms with Gasteiger partial charge in [-0.2, -0.15) is 13.2 Å². The predicted molar refractivity (Wildman–Crippen MR) is 41.4 cm³/mol. The zero-order valence-electron chi connectivity index (χ0n) is 6.98. The van der Waals surface area contributed by atoms with Gasteiger partial charge in [-0.25, -0.2) is 0 Å². The molecule has 71 valence electrons. The summed E-state index contributed by atoms with van der Waals surface area (Å²) in [5.41, 5.74) is -0.713.